The van der Waals surface area contributed by atoms with Crippen LogP contribution in [0.15, 0.2) is 84.1 Å². The van der Waals surface area contributed by atoms with Crippen LogP contribution < -0.4 is 0 Å². The van der Waals surface area contributed by atoms with Crippen molar-refractivity contribution < 1.29 is 24.4 Å². The topological polar surface area (TPSA) is 96.7 Å². The van der Waals surface area contributed by atoms with Gasteiger partial charge >= 0.3 is 7.12 Å². The maximum atomic E-state index is 13.7. The van der Waals surface area contributed by atoms with Crippen molar-refractivity contribution in [3.05, 3.63) is 106 Å². The number of aromatic nitrogens is 1. The number of benzene rings is 2. The summed E-state index contributed by atoms with van der Waals surface area (Å²) < 4.78 is 6.10. The highest BCUT2D eigenvalue weighted by Crippen LogP contribution is 2.50. The van der Waals surface area contributed by atoms with E-state index in [-0.39, 0.29) is 23.2 Å². The molecule has 1 saturated heterocycles. The predicted molar refractivity (Wildman–Crippen MR) is 150 cm³/mol. The van der Waals surface area contributed by atoms with Gasteiger partial charge in [-0.15, -0.1) is 0 Å². The molecule has 0 unspecified atom stereocenters. The van der Waals surface area contributed by atoms with Crippen LogP contribution in [-0.2, 0) is 4.65 Å². The lowest BCUT2D eigenvalue weighted by Crippen LogP contribution is -2.50. The van der Waals surface area contributed by atoms with Crippen molar-refractivity contribution in [3.8, 4) is 5.75 Å². The number of carbonyl (C=O) groups is 2. The summed E-state index contributed by atoms with van der Waals surface area (Å²) in [4.78, 5) is 31.7. The molecule has 2 aromatic carbocycles. The van der Waals surface area contributed by atoms with Crippen LogP contribution in [0.4, 0.5) is 0 Å². The molecule has 0 amide bonds. The molecule has 2 heterocycles. The second kappa shape index (κ2) is 10.4. The fourth-order valence-corrected chi connectivity index (χ4v) is 6.74. The zero-order chi connectivity index (χ0) is 27.1. The van der Waals surface area contributed by atoms with Crippen molar-refractivity contribution in [2.75, 3.05) is 0 Å². The third-order valence-corrected chi connectivity index (χ3v) is 8.44. The Bertz CT molecular complexity index is 1500. The van der Waals surface area contributed by atoms with Crippen LogP contribution in [0, 0.1) is 17.8 Å². The molecular weight excluding hydrogens is 489 g/mol. The van der Waals surface area contributed by atoms with E-state index in [0.29, 0.717) is 42.3 Å². The number of hydrogen-bond donors (Lipinski definition) is 2. The number of hydrogen-bond acceptors (Lipinski definition) is 6. The number of carbonyl (C=O) groups excluding carboxylic acids is 2. The van der Waals surface area contributed by atoms with Crippen molar-refractivity contribution in [1.82, 2.24) is 4.98 Å². The first-order valence-electron chi connectivity index (χ1n) is 13.5. The van der Waals surface area contributed by atoms with Crippen LogP contribution in [0.3, 0.4) is 0 Å². The van der Waals surface area contributed by atoms with Crippen molar-refractivity contribution in [3.63, 3.8) is 0 Å². The molecule has 2 N–H and O–H groups in total. The number of rotatable bonds is 5. The molecule has 3 aromatic rings. The molecule has 196 valence electrons. The number of fused-ring (bicyclic) bond motifs is 4. The number of aromatic hydroxyl groups is 1. The van der Waals surface area contributed by atoms with E-state index in [4.69, 9.17) is 4.65 Å². The number of phenols is 1. The third-order valence-electron chi connectivity index (χ3n) is 8.44. The van der Waals surface area contributed by atoms with Gasteiger partial charge in [0.1, 0.15) is 5.75 Å². The molecule has 4 atom stereocenters. The van der Waals surface area contributed by atoms with E-state index in [2.05, 4.69) is 4.98 Å². The minimum atomic E-state index is -1.02. The second-order valence-electron chi connectivity index (χ2n) is 10.7. The minimum absolute atomic E-state index is 0.00771. The lowest BCUT2D eigenvalue weighted by molar-refractivity contribution is 0.0602. The molecule has 3 aliphatic rings. The average Bonchev–Trinajstić information content (AvgIpc) is 2.95. The molecule has 0 saturated carbocycles. The van der Waals surface area contributed by atoms with Crippen molar-refractivity contribution in [1.29, 1.82) is 0 Å². The van der Waals surface area contributed by atoms with Crippen LogP contribution in [0.1, 0.15) is 58.2 Å². The second-order valence-corrected chi connectivity index (χ2v) is 10.7. The molecule has 1 fully saturated rings. The van der Waals surface area contributed by atoms with Crippen molar-refractivity contribution in [2.45, 2.75) is 38.6 Å². The zero-order valence-electron chi connectivity index (χ0n) is 21.8. The van der Waals surface area contributed by atoms with Crippen LogP contribution in [0.25, 0.3) is 11.6 Å². The normalized spacial score (nSPS) is 24.8. The molecule has 0 bridgehead atoms. The molecule has 7 heteroatoms. The van der Waals surface area contributed by atoms with E-state index >= 15 is 0 Å². The van der Waals surface area contributed by atoms with Crippen LogP contribution in [0.5, 0.6) is 5.75 Å². The maximum Gasteiger partial charge on any atom is 0.455 e. The summed E-state index contributed by atoms with van der Waals surface area (Å²) in [7, 11) is -1.02. The Hall–Kier alpha value is -3.81. The van der Waals surface area contributed by atoms with Crippen LogP contribution in [-0.4, -0.2) is 39.9 Å². The van der Waals surface area contributed by atoms with Gasteiger partial charge in [0.05, 0.1) is 11.8 Å². The largest absolute Gasteiger partial charge is 0.507 e. The highest BCUT2D eigenvalue weighted by molar-refractivity contribution is 6.43. The Morgan fingerprint density at radius 3 is 2.46 bits per heavy atom. The summed E-state index contributed by atoms with van der Waals surface area (Å²) in [5.74, 6) is -0.937. The first-order valence-corrected chi connectivity index (χ1v) is 13.5. The summed E-state index contributed by atoms with van der Waals surface area (Å²) in [5, 5.41) is 21.2. The monoisotopic (exact) mass is 519 g/mol. The van der Waals surface area contributed by atoms with Gasteiger partial charge in [-0.05, 0) is 73.8 Å². The van der Waals surface area contributed by atoms with Gasteiger partial charge in [-0.2, -0.15) is 0 Å². The lowest BCUT2D eigenvalue weighted by Gasteiger charge is -2.47. The summed E-state index contributed by atoms with van der Waals surface area (Å²) in [6.07, 6.45) is 5.24. The smallest absolute Gasteiger partial charge is 0.455 e. The molecule has 6 rings (SSSR count). The van der Waals surface area contributed by atoms with Gasteiger partial charge in [-0.1, -0.05) is 54.1 Å². The Labute approximate surface area is 228 Å². The van der Waals surface area contributed by atoms with Gasteiger partial charge in [0.2, 0.25) is 0 Å². The van der Waals surface area contributed by atoms with Crippen LogP contribution in [0.2, 0.25) is 6.32 Å². The quantitative estimate of drug-likeness (QED) is 0.335. The molecule has 39 heavy (non-hydrogen) atoms. The van der Waals surface area contributed by atoms with E-state index < -0.39 is 25.1 Å². The SMILES string of the molecule is CC1=C2[C@@H](CC/C(=C/c3ccccc3O)c3ccccn3)OB(O)C[C@@H]2[C@@H]2C(=O)c3ccccc3C(=O)[C@@H]2C1. The standard InChI is InChI=1S/C32H30BNO5/c1-19-16-24-30(32(37)23-10-4-3-9-22(23)31(24)36)25-18-33(38)39-28(29(19)25)14-13-20(26-11-6-7-15-34-26)17-21-8-2-5-12-27(21)35/h2-12,15,17,24-25,28,30,35,38H,13-14,16,18H2,1H3/b20-17-/t24-,25+,28-,30-/m1/s1. The number of pyridine rings is 1. The summed E-state index contributed by atoms with van der Waals surface area (Å²) in [6, 6.07) is 20.0. The Morgan fingerprint density at radius 2 is 1.72 bits per heavy atom. The number of nitrogens with zero attached hydrogens (tertiary/aromatic N) is 1. The van der Waals surface area contributed by atoms with Gasteiger partial charge in [0.25, 0.3) is 0 Å². The molecule has 6 nitrogen and oxygen atoms in total. The van der Waals surface area contributed by atoms with Crippen LogP contribution >= 0.6 is 0 Å². The van der Waals surface area contributed by atoms with Gasteiger partial charge in [-0.3, -0.25) is 14.6 Å². The summed E-state index contributed by atoms with van der Waals surface area (Å²) in [5.41, 5.74) is 5.55. The van der Waals surface area contributed by atoms with E-state index in [9.17, 15) is 19.7 Å². The predicted octanol–water partition coefficient (Wildman–Crippen LogP) is 5.64. The Morgan fingerprint density at radius 1 is 1.00 bits per heavy atom. The average molecular weight is 519 g/mol. The number of phenolic OH excluding ortho intramolecular Hbond substituents is 1. The zero-order valence-corrected chi connectivity index (χ0v) is 21.8. The lowest BCUT2D eigenvalue weighted by atomic mass is 9.54. The molecule has 1 aliphatic heterocycles. The fraction of sp³-hybridized carbons (Fsp3) is 0.281. The molecular formula is C32H30BNO5. The van der Waals surface area contributed by atoms with Crippen molar-refractivity contribution >= 4 is 30.3 Å². The fourth-order valence-electron chi connectivity index (χ4n) is 6.74. The maximum absolute atomic E-state index is 13.7. The van der Waals surface area contributed by atoms with Gasteiger partial charge < -0.3 is 14.8 Å². The highest BCUT2D eigenvalue weighted by atomic mass is 16.5. The minimum Gasteiger partial charge on any atom is -0.507 e. The molecule has 0 spiro atoms. The van der Waals surface area contributed by atoms with E-state index in [1.54, 1.807) is 42.6 Å². The Balaban J connectivity index is 1.33. The van der Waals surface area contributed by atoms with Gasteiger partial charge in [-0.25, -0.2) is 0 Å². The first-order chi connectivity index (χ1) is 18.9. The molecule has 2 aliphatic carbocycles. The molecule has 1 aromatic heterocycles. The summed E-state index contributed by atoms with van der Waals surface area (Å²) >= 11 is 0. The third kappa shape index (κ3) is 4.66. The van der Waals surface area contributed by atoms with Gasteiger partial charge in [0.15, 0.2) is 11.6 Å². The molecule has 0 radical (unpaired) electrons. The number of allylic oxidation sites excluding steroid dienone is 2. The number of Topliss-reactive ketones (excluding diaryl/α,β-unsaturated/α-hetero) is 2. The van der Waals surface area contributed by atoms with E-state index in [0.717, 1.165) is 22.4 Å². The van der Waals surface area contributed by atoms with Crippen molar-refractivity contribution in [2.24, 2.45) is 17.8 Å². The Kier molecular flexibility index (Phi) is 6.79. The van der Waals surface area contributed by atoms with E-state index in [1.165, 1.54) is 0 Å². The summed E-state index contributed by atoms with van der Waals surface area (Å²) in [6.45, 7) is 2.03. The number of para-hydroxylation sites is 1. The number of ketones is 2. The van der Waals surface area contributed by atoms with Gasteiger partial charge in [0, 0.05) is 34.7 Å². The highest BCUT2D eigenvalue weighted by Gasteiger charge is 2.52. The first kappa shape index (κ1) is 25.5. The van der Waals surface area contributed by atoms with E-state index in [1.807, 2.05) is 43.3 Å².